The molecule has 2 aromatic carbocycles. The van der Waals surface area contributed by atoms with Crippen molar-refractivity contribution in [1.29, 1.82) is 5.26 Å². The second kappa shape index (κ2) is 7.58. The Morgan fingerprint density at radius 1 is 1.08 bits per heavy atom. The monoisotopic (exact) mass is 336 g/mol. The molecule has 0 aliphatic carbocycles. The quantitative estimate of drug-likeness (QED) is 0.936. The summed E-state index contributed by atoms with van der Waals surface area (Å²) < 4.78 is 5.18. The Hall–Kier alpha value is -3.20. The van der Waals surface area contributed by atoms with Gasteiger partial charge in [-0.15, -0.1) is 0 Å². The number of rotatable bonds is 3. The van der Waals surface area contributed by atoms with E-state index in [9.17, 15) is 4.79 Å². The largest absolute Gasteiger partial charge is 0.497 e. The summed E-state index contributed by atoms with van der Waals surface area (Å²) >= 11 is 0. The number of nitriles is 1. The van der Waals surface area contributed by atoms with Gasteiger partial charge in [-0.1, -0.05) is 12.1 Å². The molecule has 0 bridgehead atoms. The van der Waals surface area contributed by atoms with Gasteiger partial charge in [0.05, 0.1) is 18.4 Å². The maximum atomic E-state index is 12.4. The molecule has 0 unspecified atom stereocenters. The van der Waals surface area contributed by atoms with Gasteiger partial charge in [-0.05, 0) is 36.4 Å². The van der Waals surface area contributed by atoms with E-state index in [2.05, 4.69) is 16.3 Å². The van der Waals surface area contributed by atoms with Gasteiger partial charge in [-0.2, -0.15) is 5.26 Å². The van der Waals surface area contributed by atoms with Crippen molar-refractivity contribution in [2.45, 2.75) is 0 Å². The number of carbonyl (C=O) groups excluding carboxylic acids is 1. The molecule has 0 atom stereocenters. The van der Waals surface area contributed by atoms with Crippen LogP contribution in [0.1, 0.15) is 5.56 Å². The van der Waals surface area contributed by atoms with E-state index in [-0.39, 0.29) is 6.03 Å². The van der Waals surface area contributed by atoms with Crippen molar-refractivity contribution in [2.75, 3.05) is 43.5 Å². The highest BCUT2D eigenvalue weighted by atomic mass is 16.5. The minimum atomic E-state index is -0.169. The van der Waals surface area contributed by atoms with Gasteiger partial charge in [0.2, 0.25) is 0 Å². The molecule has 1 aliphatic heterocycles. The predicted octanol–water partition coefficient (Wildman–Crippen LogP) is 2.92. The molecule has 25 heavy (non-hydrogen) atoms. The van der Waals surface area contributed by atoms with Crippen molar-refractivity contribution in [3.8, 4) is 11.8 Å². The fourth-order valence-electron chi connectivity index (χ4n) is 2.84. The first kappa shape index (κ1) is 16.7. The molecule has 3 rings (SSSR count). The number of methoxy groups -OCH3 is 1. The lowest BCUT2D eigenvalue weighted by atomic mass is 10.2. The number of benzene rings is 2. The molecular weight excluding hydrogens is 316 g/mol. The van der Waals surface area contributed by atoms with Crippen molar-refractivity contribution < 1.29 is 9.53 Å². The molecular formula is C19H20N4O2. The minimum absolute atomic E-state index is 0.169. The third-order valence-electron chi connectivity index (χ3n) is 4.29. The third kappa shape index (κ3) is 3.83. The smallest absolute Gasteiger partial charge is 0.322 e. The molecule has 0 saturated carbocycles. The molecule has 1 N–H and O–H groups in total. The highest BCUT2D eigenvalue weighted by molar-refractivity contribution is 5.91. The lowest BCUT2D eigenvalue weighted by Crippen LogP contribution is -2.50. The highest BCUT2D eigenvalue weighted by Crippen LogP contribution is 2.21. The number of hydrogen-bond donors (Lipinski definition) is 1. The van der Waals surface area contributed by atoms with Crippen LogP contribution < -0.4 is 15.0 Å². The van der Waals surface area contributed by atoms with E-state index in [1.807, 2.05) is 24.3 Å². The molecule has 2 amide bonds. The molecule has 1 saturated heterocycles. The molecule has 6 heteroatoms. The summed E-state index contributed by atoms with van der Waals surface area (Å²) in [5, 5.41) is 11.9. The first-order chi connectivity index (χ1) is 12.2. The van der Waals surface area contributed by atoms with Crippen LogP contribution in [0.25, 0.3) is 0 Å². The summed E-state index contributed by atoms with van der Waals surface area (Å²) in [5.74, 6) is 0.831. The zero-order valence-electron chi connectivity index (χ0n) is 14.1. The number of urea groups is 1. The second-order valence-electron chi connectivity index (χ2n) is 5.76. The van der Waals surface area contributed by atoms with E-state index < -0.39 is 0 Å². The van der Waals surface area contributed by atoms with Gasteiger partial charge in [-0.3, -0.25) is 0 Å². The summed E-state index contributed by atoms with van der Waals surface area (Å²) in [4.78, 5) is 16.4. The minimum Gasteiger partial charge on any atom is -0.497 e. The van der Waals surface area contributed by atoms with Gasteiger partial charge in [0.1, 0.15) is 11.8 Å². The molecule has 0 aromatic heterocycles. The Bertz CT molecular complexity index is 775. The summed E-state index contributed by atoms with van der Waals surface area (Å²) in [7, 11) is 1.65. The molecule has 1 fully saturated rings. The van der Waals surface area contributed by atoms with E-state index in [0.29, 0.717) is 24.3 Å². The van der Waals surface area contributed by atoms with E-state index in [4.69, 9.17) is 10.00 Å². The zero-order valence-corrected chi connectivity index (χ0v) is 14.1. The molecule has 1 heterocycles. The van der Waals surface area contributed by atoms with E-state index in [1.165, 1.54) is 0 Å². The number of nitrogens with zero attached hydrogens (tertiary/aromatic N) is 3. The molecule has 2 aromatic rings. The summed E-state index contributed by atoms with van der Waals surface area (Å²) in [5.41, 5.74) is 2.14. The number of para-hydroxylation sites is 1. The molecule has 0 spiro atoms. The first-order valence-electron chi connectivity index (χ1n) is 8.15. The fourth-order valence-corrected chi connectivity index (χ4v) is 2.84. The molecule has 1 aliphatic rings. The number of anilines is 2. The molecule has 0 radical (unpaired) electrons. The average molecular weight is 336 g/mol. The van der Waals surface area contributed by atoms with Gasteiger partial charge >= 0.3 is 6.03 Å². The summed E-state index contributed by atoms with van der Waals surface area (Å²) in [6.45, 7) is 2.79. The van der Waals surface area contributed by atoms with Gasteiger partial charge in [0, 0.05) is 31.9 Å². The first-order valence-corrected chi connectivity index (χ1v) is 8.15. The lowest BCUT2D eigenvalue weighted by Gasteiger charge is -2.36. The zero-order chi connectivity index (χ0) is 17.6. The Morgan fingerprint density at radius 3 is 2.40 bits per heavy atom. The predicted molar refractivity (Wildman–Crippen MR) is 97.0 cm³/mol. The Labute approximate surface area is 147 Å². The van der Waals surface area contributed by atoms with Crippen LogP contribution in [0, 0.1) is 11.3 Å². The van der Waals surface area contributed by atoms with Crippen LogP contribution in [-0.4, -0.2) is 44.2 Å². The van der Waals surface area contributed by atoms with E-state index in [1.54, 1.807) is 36.3 Å². The molecule has 6 nitrogen and oxygen atoms in total. The van der Waals surface area contributed by atoms with Crippen molar-refractivity contribution in [1.82, 2.24) is 4.90 Å². The number of hydrogen-bond acceptors (Lipinski definition) is 4. The topological polar surface area (TPSA) is 68.6 Å². The average Bonchev–Trinajstić information content (AvgIpc) is 2.68. The van der Waals surface area contributed by atoms with Gasteiger partial charge in [-0.25, -0.2) is 4.79 Å². The van der Waals surface area contributed by atoms with Crippen LogP contribution in [0.4, 0.5) is 16.2 Å². The van der Waals surface area contributed by atoms with Crippen molar-refractivity contribution in [2.24, 2.45) is 0 Å². The third-order valence-corrected chi connectivity index (χ3v) is 4.29. The van der Waals surface area contributed by atoms with Crippen LogP contribution in [0.5, 0.6) is 5.75 Å². The van der Waals surface area contributed by atoms with Crippen LogP contribution >= 0.6 is 0 Å². The summed E-state index contributed by atoms with van der Waals surface area (Å²) in [6, 6.07) is 16.9. The van der Waals surface area contributed by atoms with E-state index >= 15 is 0 Å². The van der Waals surface area contributed by atoms with Crippen molar-refractivity contribution >= 4 is 17.4 Å². The number of amides is 2. The highest BCUT2D eigenvalue weighted by Gasteiger charge is 2.21. The number of nitrogens with one attached hydrogen (secondary N) is 1. The second-order valence-corrected chi connectivity index (χ2v) is 5.76. The van der Waals surface area contributed by atoms with Crippen LogP contribution in [0.15, 0.2) is 48.5 Å². The van der Waals surface area contributed by atoms with Crippen LogP contribution in [0.2, 0.25) is 0 Å². The number of ether oxygens (including phenoxy) is 1. The number of carbonyl (C=O) groups is 1. The van der Waals surface area contributed by atoms with E-state index in [0.717, 1.165) is 24.5 Å². The lowest BCUT2D eigenvalue weighted by molar-refractivity contribution is 0.208. The Kier molecular flexibility index (Phi) is 5.05. The number of piperazine rings is 1. The van der Waals surface area contributed by atoms with Crippen molar-refractivity contribution in [3.05, 3.63) is 54.1 Å². The molecule has 128 valence electrons. The SMILES string of the molecule is COc1ccc(N2CCN(C(=O)Nc3ccccc3C#N)CC2)cc1. The van der Waals surface area contributed by atoms with Gasteiger partial charge < -0.3 is 19.9 Å². The van der Waals surface area contributed by atoms with Gasteiger partial charge in [0.25, 0.3) is 0 Å². The normalized spacial score (nSPS) is 13.9. The van der Waals surface area contributed by atoms with Crippen molar-refractivity contribution in [3.63, 3.8) is 0 Å². The Morgan fingerprint density at radius 2 is 1.76 bits per heavy atom. The summed E-state index contributed by atoms with van der Waals surface area (Å²) in [6.07, 6.45) is 0. The Balaban J connectivity index is 1.58. The maximum absolute atomic E-state index is 12.4. The maximum Gasteiger partial charge on any atom is 0.322 e. The standard InChI is InChI=1S/C19H20N4O2/c1-25-17-8-6-16(7-9-17)22-10-12-23(13-11-22)19(24)21-18-5-3-2-4-15(18)14-20/h2-9H,10-13H2,1H3,(H,21,24). The van der Waals surface area contributed by atoms with Gasteiger partial charge in [0.15, 0.2) is 0 Å². The van der Waals surface area contributed by atoms with Crippen LogP contribution in [-0.2, 0) is 0 Å². The fraction of sp³-hybridized carbons (Fsp3) is 0.263. The van der Waals surface area contributed by atoms with Crippen LogP contribution in [0.3, 0.4) is 0 Å².